The molecule has 116 valence electrons. The number of hydrogen-bond donors (Lipinski definition) is 1. The van der Waals surface area contributed by atoms with E-state index in [-0.39, 0.29) is 0 Å². The van der Waals surface area contributed by atoms with Crippen LogP contribution >= 0.6 is 15.9 Å². The Morgan fingerprint density at radius 3 is 2.45 bits per heavy atom. The molecule has 5 heteroatoms. The van der Waals surface area contributed by atoms with Crippen molar-refractivity contribution in [3.63, 3.8) is 0 Å². The van der Waals surface area contributed by atoms with Crippen molar-refractivity contribution in [3.8, 4) is 11.5 Å². The molecule has 0 heterocycles. The predicted octanol–water partition coefficient (Wildman–Crippen LogP) is 4.54. The molecule has 0 fully saturated rings. The molecule has 0 aliphatic heterocycles. The first-order valence-corrected chi connectivity index (χ1v) is 7.75. The lowest BCUT2D eigenvalue weighted by Gasteiger charge is -2.14. The van der Waals surface area contributed by atoms with E-state index < -0.39 is 0 Å². The lowest BCUT2D eigenvalue weighted by atomic mass is 10.2. The van der Waals surface area contributed by atoms with Crippen LogP contribution < -0.4 is 9.47 Å². The van der Waals surface area contributed by atoms with Gasteiger partial charge in [0.25, 0.3) is 0 Å². The van der Waals surface area contributed by atoms with E-state index >= 15 is 0 Å². The Morgan fingerprint density at radius 1 is 1.14 bits per heavy atom. The molecule has 22 heavy (non-hydrogen) atoms. The van der Waals surface area contributed by atoms with Crippen LogP contribution in [0.2, 0.25) is 0 Å². The Labute approximate surface area is 138 Å². The summed E-state index contributed by atoms with van der Waals surface area (Å²) < 4.78 is 12.2. The largest absolute Gasteiger partial charge is 0.490 e. The van der Waals surface area contributed by atoms with Gasteiger partial charge in [0.1, 0.15) is 6.61 Å². The van der Waals surface area contributed by atoms with E-state index in [1.165, 1.54) is 11.8 Å². The second-order valence-corrected chi connectivity index (χ2v) is 5.63. The molecule has 0 aliphatic rings. The first-order chi connectivity index (χ1) is 10.6. The van der Waals surface area contributed by atoms with Gasteiger partial charge >= 0.3 is 0 Å². The van der Waals surface area contributed by atoms with Crippen LogP contribution in [0.3, 0.4) is 0 Å². The van der Waals surface area contributed by atoms with Crippen molar-refractivity contribution in [2.75, 3.05) is 6.61 Å². The summed E-state index contributed by atoms with van der Waals surface area (Å²) in [5.74, 6) is 1.26. The van der Waals surface area contributed by atoms with E-state index in [9.17, 15) is 0 Å². The topological polar surface area (TPSA) is 51.0 Å². The number of hydrogen-bond acceptors (Lipinski definition) is 4. The Kier molecular flexibility index (Phi) is 5.83. The average Bonchev–Trinajstić information content (AvgIpc) is 2.51. The summed E-state index contributed by atoms with van der Waals surface area (Å²) >= 11 is 3.43. The number of benzene rings is 2. The third-order valence-corrected chi connectivity index (χ3v) is 3.76. The van der Waals surface area contributed by atoms with E-state index in [1.54, 1.807) is 6.07 Å². The van der Waals surface area contributed by atoms with Crippen molar-refractivity contribution in [3.05, 3.63) is 57.6 Å². The molecule has 0 bridgehead atoms. The molecular formula is C17H18BrNO3. The minimum absolute atomic E-state index is 0.459. The average molecular weight is 364 g/mol. The van der Waals surface area contributed by atoms with Crippen molar-refractivity contribution in [2.24, 2.45) is 5.16 Å². The van der Waals surface area contributed by atoms with E-state index in [2.05, 4.69) is 40.1 Å². The van der Waals surface area contributed by atoms with Crippen LogP contribution in [0.5, 0.6) is 11.5 Å². The van der Waals surface area contributed by atoms with Crippen LogP contribution in [0.25, 0.3) is 0 Å². The molecule has 0 saturated carbocycles. The van der Waals surface area contributed by atoms with Crippen molar-refractivity contribution < 1.29 is 14.7 Å². The highest BCUT2D eigenvalue weighted by atomic mass is 79.9. The SMILES string of the molecule is CCOc1cc(/C=N\O)c(Br)cc1OCc1ccc(C)cc1. The van der Waals surface area contributed by atoms with Crippen LogP contribution in [0.1, 0.15) is 23.6 Å². The van der Waals surface area contributed by atoms with E-state index in [1.807, 2.05) is 25.1 Å². The maximum Gasteiger partial charge on any atom is 0.162 e. The molecule has 2 rings (SSSR count). The first kappa shape index (κ1) is 16.4. The summed E-state index contributed by atoms with van der Waals surface area (Å²) in [4.78, 5) is 0. The fourth-order valence-electron chi connectivity index (χ4n) is 1.94. The lowest BCUT2D eigenvalue weighted by Crippen LogP contribution is -2.01. The van der Waals surface area contributed by atoms with Gasteiger partial charge in [0.15, 0.2) is 11.5 Å². The Hall–Kier alpha value is -2.01. The Balaban J connectivity index is 2.21. The highest BCUT2D eigenvalue weighted by Crippen LogP contribution is 2.33. The van der Waals surface area contributed by atoms with E-state index in [0.29, 0.717) is 30.3 Å². The van der Waals surface area contributed by atoms with Crippen LogP contribution in [0.4, 0.5) is 0 Å². The quantitative estimate of drug-likeness (QED) is 0.465. The summed E-state index contributed by atoms with van der Waals surface area (Å²) in [5, 5.41) is 11.7. The van der Waals surface area contributed by atoms with Crippen molar-refractivity contribution in [1.29, 1.82) is 0 Å². The first-order valence-electron chi connectivity index (χ1n) is 6.96. The summed E-state index contributed by atoms with van der Waals surface area (Å²) in [5.41, 5.74) is 3.02. The van der Waals surface area contributed by atoms with Gasteiger partial charge in [-0.15, -0.1) is 0 Å². The molecule has 2 aromatic carbocycles. The zero-order chi connectivity index (χ0) is 15.9. The molecule has 0 radical (unpaired) electrons. The highest BCUT2D eigenvalue weighted by Gasteiger charge is 2.10. The molecule has 0 saturated heterocycles. The van der Waals surface area contributed by atoms with Gasteiger partial charge in [-0.25, -0.2) is 0 Å². The monoisotopic (exact) mass is 363 g/mol. The third kappa shape index (κ3) is 4.24. The smallest absolute Gasteiger partial charge is 0.162 e. The van der Waals surface area contributed by atoms with Crippen molar-refractivity contribution in [1.82, 2.24) is 0 Å². The fourth-order valence-corrected chi connectivity index (χ4v) is 2.36. The van der Waals surface area contributed by atoms with Crippen LogP contribution in [0, 0.1) is 6.92 Å². The molecule has 1 N–H and O–H groups in total. The summed E-state index contributed by atoms with van der Waals surface area (Å²) in [6.45, 7) is 4.94. The number of oxime groups is 1. The number of rotatable bonds is 6. The van der Waals surface area contributed by atoms with Gasteiger partial charge in [-0.3, -0.25) is 0 Å². The minimum atomic E-state index is 0.459. The minimum Gasteiger partial charge on any atom is -0.490 e. The molecule has 0 aliphatic carbocycles. The molecule has 0 aromatic heterocycles. The molecule has 0 amide bonds. The van der Waals surface area contributed by atoms with Crippen molar-refractivity contribution >= 4 is 22.1 Å². The normalized spacial score (nSPS) is 10.9. The number of halogens is 1. The van der Waals surface area contributed by atoms with Crippen LogP contribution in [-0.2, 0) is 6.61 Å². The molecule has 0 atom stereocenters. The zero-order valence-corrected chi connectivity index (χ0v) is 14.1. The van der Waals surface area contributed by atoms with Gasteiger partial charge in [-0.05, 0) is 47.5 Å². The number of ether oxygens (including phenoxy) is 2. The molecule has 0 unspecified atom stereocenters. The number of aryl methyl sites for hydroxylation is 1. The molecule has 4 nitrogen and oxygen atoms in total. The van der Waals surface area contributed by atoms with Gasteiger partial charge in [0.2, 0.25) is 0 Å². The Morgan fingerprint density at radius 2 is 1.82 bits per heavy atom. The third-order valence-electron chi connectivity index (χ3n) is 3.07. The maximum atomic E-state index is 8.69. The Bertz CT molecular complexity index is 654. The second kappa shape index (κ2) is 7.84. The lowest BCUT2D eigenvalue weighted by molar-refractivity contribution is 0.269. The molecule has 0 spiro atoms. The predicted molar refractivity (Wildman–Crippen MR) is 90.2 cm³/mol. The zero-order valence-electron chi connectivity index (χ0n) is 12.5. The number of nitrogens with zero attached hydrogens (tertiary/aromatic N) is 1. The van der Waals surface area contributed by atoms with E-state index in [0.717, 1.165) is 10.0 Å². The molecule has 2 aromatic rings. The van der Waals surface area contributed by atoms with E-state index in [4.69, 9.17) is 14.7 Å². The molecular weight excluding hydrogens is 346 g/mol. The van der Waals surface area contributed by atoms with Crippen LogP contribution in [-0.4, -0.2) is 18.0 Å². The van der Waals surface area contributed by atoms with Crippen molar-refractivity contribution in [2.45, 2.75) is 20.5 Å². The van der Waals surface area contributed by atoms with Gasteiger partial charge in [-0.2, -0.15) is 0 Å². The van der Waals surface area contributed by atoms with Gasteiger partial charge in [-0.1, -0.05) is 35.0 Å². The second-order valence-electron chi connectivity index (χ2n) is 4.77. The fraction of sp³-hybridized carbons (Fsp3) is 0.235. The maximum absolute atomic E-state index is 8.69. The summed E-state index contributed by atoms with van der Waals surface area (Å²) in [7, 11) is 0. The summed E-state index contributed by atoms with van der Waals surface area (Å²) in [6, 6.07) is 11.8. The summed E-state index contributed by atoms with van der Waals surface area (Å²) in [6.07, 6.45) is 1.34. The van der Waals surface area contributed by atoms with Gasteiger partial charge in [0.05, 0.1) is 12.8 Å². The highest BCUT2D eigenvalue weighted by molar-refractivity contribution is 9.10. The van der Waals surface area contributed by atoms with Crippen LogP contribution in [0.15, 0.2) is 46.0 Å². The van der Waals surface area contributed by atoms with Gasteiger partial charge in [0, 0.05) is 10.0 Å². The standard InChI is InChI=1S/C17H18BrNO3/c1-3-21-16-8-14(10-19-20)15(18)9-17(16)22-11-13-6-4-12(2)5-7-13/h4-10,20H,3,11H2,1-2H3/b19-10-. The van der Waals surface area contributed by atoms with Gasteiger partial charge < -0.3 is 14.7 Å².